The van der Waals surface area contributed by atoms with Gasteiger partial charge in [0.05, 0.1) is 11.1 Å². The first-order valence-electron chi connectivity index (χ1n) is 9.60. The number of hydrogen-bond donors (Lipinski definition) is 0. The molecule has 5 rings (SSSR count). The highest BCUT2D eigenvalue weighted by atomic mass is 16.5. The Hall–Kier alpha value is -4.33. The van der Waals surface area contributed by atoms with Crippen LogP contribution in [-0.2, 0) is 4.79 Å². The van der Waals surface area contributed by atoms with Crippen molar-refractivity contribution in [1.82, 2.24) is 19.9 Å². The second kappa shape index (κ2) is 7.17. The minimum Gasteiger partial charge on any atom is -0.423 e. The van der Waals surface area contributed by atoms with Crippen molar-refractivity contribution in [2.75, 3.05) is 6.54 Å². The van der Waals surface area contributed by atoms with E-state index in [1.54, 1.807) is 42.5 Å². The molecule has 0 fully saturated rings. The normalized spacial score (nSPS) is 13.0. The Balaban J connectivity index is 1.41. The predicted molar refractivity (Wildman–Crippen MR) is 111 cm³/mol. The van der Waals surface area contributed by atoms with Gasteiger partial charge >= 0.3 is 5.97 Å². The fourth-order valence-electron chi connectivity index (χ4n) is 3.50. The average molecular weight is 412 g/mol. The van der Waals surface area contributed by atoms with E-state index in [9.17, 15) is 14.4 Å². The minimum absolute atomic E-state index is 0.229. The van der Waals surface area contributed by atoms with Gasteiger partial charge < -0.3 is 4.74 Å². The number of carbonyl (C=O) groups excluding carboxylic acids is 3. The molecule has 31 heavy (non-hydrogen) atoms. The first-order chi connectivity index (χ1) is 15.0. The van der Waals surface area contributed by atoms with E-state index in [1.165, 1.54) is 4.80 Å². The lowest BCUT2D eigenvalue weighted by Crippen LogP contribution is -2.36. The van der Waals surface area contributed by atoms with Crippen molar-refractivity contribution in [2.45, 2.75) is 6.92 Å². The fraction of sp³-hybridized carbons (Fsp3) is 0.0870. The fourth-order valence-corrected chi connectivity index (χ4v) is 3.50. The summed E-state index contributed by atoms with van der Waals surface area (Å²) in [7, 11) is 0. The van der Waals surface area contributed by atoms with Crippen molar-refractivity contribution < 1.29 is 19.1 Å². The lowest BCUT2D eigenvalue weighted by Gasteiger charge is -2.14. The van der Waals surface area contributed by atoms with Crippen molar-refractivity contribution in [1.29, 1.82) is 0 Å². The van der Waals surface area contributed by atoms with Gasteiger partial charge in [0.15, 0.2) is 5.75 Å². The third-order valence-electron chi connectivity index (χ3n) is 5.01. The zero-order chi connectivity index (χ0) is 21.5. The van der Waals surface area contributed by atoms with Crippen molar-refractivity contribution in [3.05, 3.63) is 83.4 Å². The molecule has 1 aliphatic rings. The molecule has 0 spiro atoms. The lowest BCUT2D eigenvalue weighted by atomic mass is 10.1. The summed E-state index contributed by atoms with van der Waals surface area (Å²) in [5, 5.41) is 8.88. The first kappa shape index (κ1) is 18.7. The molecule has 8 nitrogen and oxygen atoms in total. The largest absolute Gasteiger partial charge is 0.423 e. The summed E-state index contributed by atoms with van der Waals surface area (Å²) in [6, 6.07) is 19.1. The van der Waals surface area contributed by atoms with E-state index < -0.39 is 24.3 Å². The maximum Gasteiger partial charge on any atom is 0.331 e. The molecular formula is C23H16N4O4. The molecule has 0 N–H and O–H groups in total. The Morgan fingerprint density at radius 3 is 2.06 bits per heavy atom. The molecule has 0 bridgehead atoms. The molecule has 0 aliphatic carbocycles. The van der Waals surface area contributed by atoms with Crippen LogP contribution in [0.2, 0.25) is 0 Å². The second-order valence-electron chi connectivity index (χ2n) is 7.17. The monoisotopic (exact) mass is 412 g/mol. The van der Waals surface area contributed by atoms with E-state index in [4.69, 9.17) is 4.74 Å². The van der Waals surface area contributed by atoms with Gasteiger partial charge in [-0.2, -0.15) is 0 Å². The zero-order valence-corrected chi connectivity index (χ0v) is 16.5. The van der Waals surface area contributed by atoms with Crippen LogP contribution < -0.4 is 4.74 Å². The number of amides is 2. The molecule has 0 unspecified atom stereocenters. The van der Waals surface area contributed by atoms with Crippen LogP contribution in [0, 0.1) is 6.92 Å². The van der Waals surface area contributed by atoms with Crippen LogP contribution in [0.1, 0.15) is 26.3 Å². The van der Waals surface area contributed by atoms with Gasteiger partial charge in [-0.15, -0.1) is 15.0 Å². The molecule has 3 aromatic carbocycles. The number of rotatable bonds is 4. The van der Waals surface area contributed by atoms with Crippen molar-refractivity contribution in [3.63, 3.8) is 0 Å². The highest BCUT2D eigenvalue weighted by Crippen LogP contribution is 2.26. The Bertz CT molecular complexity index is 1310. The highest BCUT2D eigenvalue weighted by Gasteiger charge is 2.36. The number of imide groups is 1. The molecule has 152 valence electrons. The van der Waals surface area contributed by atoms with Crippen LogP contribution in [0.4, 0.5) is 0 Å². The summed E-state index contributed by atoms with van der Waals surface area (Å²) < 4.78 is 5.52. The van der Waals surface area contributed by atoms with E-state index in [0.29, 0.717) is 16.7 Å². The lowest BCUT2D eigenvalue weighted by molar-refractivity contribution is -0.134. The molecule has 4 aromatic rings. The topological polar surface area (TPSA) is 94.4 Å². The SMILES string of the molecule is Cc1ccc(OC(=O)CN2C(=O)c3ccccc3C2=O)c(-n2nc3ccccc3n2)c1. The average Bonchev–Trinajstić information content (AvgIpc) is 3.30. The summed E-state index contributed by atoms with van der Waals surface area (Å²) in [5.41, 5.74) is 3.37. The van der Waals surface area contributed by atoms with E-state index >= 15 is 0 Å². The molecule has 8 heteroatoms. The minimum atomic E-state index is -0.740. The van der Waals surface area contributed by atoms with Crippen LogP contribution in [0.25, 0.3) is 16.7 Å². The number of aryl methyl sites for hydroxylation is 1. The maximum absolute atomic E-state index is 12.6. The molecule has 2 heterocycles. The van der Waals surface area contributed by atoms with Crippen LogP contribution in [-0.4, -0.2) is 44.2 Å². The molecule has 0 saturated carbocycles. The summed E-state index contributed by atoms with van der Waals surface area (Å²) in [6.45, 7) is 1.41. The number of hydrogen-bond acceptors (Lipinski definition) is 6. The van der Waals surface area contributed by atoms with Gasteiger partial charge in [-0.05, 0) is 48.9 Å². The van der Waals surface area contributed by atoms with E-state index in [2.05, 4.69) is 10.2 Å². The summed E-state index contributed by atoms with van der Waals surface area (Å²) in [5.74, 6) is -1.54. The van der Waals surface area contributed by atoms with Gasteiger partial charge in [-0.25, -0.2) is 4.79 Å². The van der Waals surface area contributed by atoms with E-state index in [1.807, 2.05) is 31.2 Å². The van der Waals surface area contributed by atoms with Gasteiger partial charge in [-0.3, -0.25) is 14.5 Å². The van der Waals surface area contributed by atoms with Crippen LogP contribution in [0.15, 0.2) is 66.7 Å². The van der Waals surface area contributed by atoms with Gasteiger partial charge in [0, 0.05) is 0 Å². The number of carbonyl (C=O) groups is 3. The molecule has 0 saturated heterocycles. The van der Waals surface area contributed by atoms with Crippen LogP contribution in [0.5, 0.6) is 5.75 Å². The van der Waals surface area contributed by atoms with E-state index in [0.717, 1.165) is 10.5 Å². The summed E-state index contributed by atoms with van der Waals surface area (Å²) in [6.07, 6.45) is 0. The number of esters is 1. The second-order valence-corrected chi connectivity index (χ2v) is 7.17. The van der Waals surface area contributed by atoms with Crippen molar-refractivity contribution in [2.24, 2.45) is 0 Å². The Morgan fingerprint density at radius 2 is 1.45 bits per heavy atom. The van der Waals surface area contributed by atoms with Gasteiger partial charge in [0.2, 0.25) is 0 Å². The van der Waals surface area contributed by atoms with Crippen molar-refractivity contribution in [3.8, 4) is 11.4 Å². The Labute approximate surface area is 176 Å². The van der Waals surface area contributed by atoms with Gasteiger partial charge in [0.1, 0.15) is 23.3 Å². The molecular weight excluding hydrogens is 396 g/mol. The van der Waals surface area contributed by atoms with Crippen LogP contribution in [0.3, 0.4) is 0 Å². The van der Waals surface area contributed by atoms with E-state index in [-0.39, 0.29) is 16.9 Å². The molecule has 0 atom stereocenters. The third-order valence-corrected chi connectivity index (χ3v) is 5.01. The molecule has 1 aliphatic heterocycles. The predicted octanol–water partition coefficient (Wildman–Crippen LogP) is 2.93. The number of fused-ring (bicyclic) bond motifs is 2. The van der Waals surface area contributed by atoms with Crippen molar-refractivity contribution >= 4 is 28.8 Å². The quantitative estimate of drug-likeness (QED) is 0.291. The number of ether oxygens (including phenoxy) is 1. The molecule has 2 amide bonds. The molecule has 0 radical (unpaired) electrons. The van der Waals surface area contributed by atoms with Gasteiger partial charge in [-0.1, -0.05) is 30.3 Å². The third kappa shape index (κ3) is 3.24. The first-order valence-corrected chi connectivity index (χ1v) is 9.60. The standard InChI is InChI=1S/C23H16N4O4/c1-14-10-11-20(19(12-14)27-24-17-8-4-5-9-18(17)25-27)31-21(28)13-26-22(29)15-6-2-3-7-16(15)23(26)30/h2-12H,13H2,1H3. The Kier molecular flexibility index (Phi) is 4.32. The highest BCUT2D eigenvalue weighted by molar-refractivity contribution is 6.22. The van der Waals surface area contributed by atoms with Crippen LogP contribution >= 0.6 is 0 Å². The zero-order valence-electron chi connectivity index (χ0n) is 16.5. The van der Waals surface area contributed by atoms with Gasteiger partial charge in [0.25, 0.3) is 11.8 Å². The number of nitrogens with zero attached hydrogens (tertiary/aromatic N) is 4. The number of aromatic nitrogens is 3. The summed E-state index contributed by atoms with van der Waals surface area (Å²) >= 11 is 0. The Morgan fingerprint density at radius 1 is 0.871 bits per heavy atom. The number of benzene rings is 3. The maximum atomic E-state index is 12.6. The molecule has 1 aromatic heterocycles. The smallest absolute Gasteiger partial charge is 0.331 e. The summed E-state index contributed by atoms with van der Waals surface area (Å²) in [4.78, 5) is 39.9.